The van der Waals surface area contributed by atoms with E-state index in [2.05, 4.69) is 4.98 Å². The van der Waals surface area contributed by atoms with Crippen LogP contribution in [0, 0.1) is 0 Å². The number of rotatable bonds is 1. The number of H-pyrrole nitrogens is 1. The average Bonchev–Trinajstić information content (AvgIpc) is 2.30. The fourth-order valence-corrected chi connectivity index (χ4v) is 1.49. The van der Waals surface area contributed by atoms with Crippen LogP contribution in [0.3, 0.4) is 0 Å². The zero-order valence-electron chi connectivity index (χ0n) is 8.23. The molecule has 0 radical (unpaired) electrons. The predicted octanol–water partition coefficient (Wildman–Crippen LogP) is -0.153. The number of amides is 1. The average molecular weight is 208 g/mol. The molecular formula is C10H12N2O3. The summed E-state index contributed by atoms with van der Waals surface area (Å²) >= 11 is 0. The summed E-state index contributed by atoms with van der Waals surface area (Å²) in [5, 5.41) is 0. The molecule has 5 heteroatoms. The number of hydrogen-bond donors (Lipinski definition) is 1. The Balaban J connectivity index is 2.12. The van der Waals surface area contributed by atoms with Crippen molar-refractivity contribution in [3.8, 4) is 0 Å². The van der Waals surface area contributed by atoms with Gasteiger partial charge in [0.1, 0.15) is 0 Å². The minimum absolute atomic E-state index is 0.0606. The number of carbonyl (C=O) groups is 1. The zero-order chi connectivity index (χ0) is 10.7. The molecular weight excluding hydrogens is 196 g/mol. The summed E-state index contributed by atoms with van der Waals surface area (Å²) < 4.78 is 5.15. The highest BCUT2D eigenvalue weighted by atomic mass is 16.5. The maximum atomic E-state index is 11.9. The van der Waals surface area contributed by atoms with Gasteiger partial charge in [0, 0.05) is 25.4 Å². The van der Waals surface area contributed by atoms with Gasteiger partial charge in [0.25, 0.3) is 5.91 Å². The first-order chi connectivity index (χ1) is 7.27. The molecule has 80 valence electrons. The van der Waals surface area contributed by atoms with Gasteiger partial charge in [-0.25, -0.2) is 0 Å². The number of aromatic amines is 1. The van der Waals surface area contributed by atoms with Gasteiger partial charge < -0.3 is 14.6 Å². The van der Waals surface area contributed by atoms with E-state index in [0.29, 0.717) is 31.9 Å². The molecule has 0 spiro atoms. The first-order valence-corrected chi connectivity index (χ1v) is 4.83. The highest BCUT2D eigenvalue weighted by molar-refractivity contribution is 5.93. The highest BCUT2D eigenvalue weighted by Gasteiger charge is 2.18. The second-order valence-corrected chi connectivity index (χ2v) is 3.35. The number of nitrogens with zero attached hydrogens (tertiary/aromatic N) is 1. The number of nitrogens with one attached hydrogen (secondary N) is 1. The van der Waals surface area contributed by atoms with Gasteiger partial charge in [0.05, 0.1) is 18.8 Å². The molecule has 5 nitrogen and oxygen atoms in total. The second kappa shape index (κ2) is 4.27. The Kier molecular flexibility index (Phi) is 2.82. The molecule has 2 heterocycles. The Hall–Kier alpha value is -1.62. The topological polar surface area (TPSA) is 62.4 Å². The summed E-state index contributed by atoms with van der Waals surface area (Å²) in [6.07, 6.45) is 1.44. The molecule has 1 aliphatic rings. The van der Waals surface area contributed by atoms with E-state index in [-0.39, 0.29) is 11.5 Å². The number of aromatic nitrogens is 1. The van der Waals surface area contributed by atoms with Crippen molar-refractivity contribution < 1.29 is 9.53 Å². The highest BCUT2D eigenvalue weighted by Crippen LogP contribution is 2.04. The molecule has 0 aliphatic carbocycles. The first kappa shape index (κ1) is 9.92. The van der Waals surface area contributed by atoms with Crippen LogP contribution in [-0.4, -0.2) is 42.1 Å². The summed E-state index contributed by atoms with van der Waals surface area (Å²) in [6.45, 7) is 2.38. The molecule has 0 aromatic carbocycles. The van der Waals surface area contributed by atoms with Gasteiger partial charge in [0.15, 0.2) is 0 Å². The minimum Gasteiger partial charge on any atom is -0.378 e. The molecule has 1 aliphatic heterocycles. The van der Waals surface area contributed by atoms with Gasteiger partial charge in [-0.05, 0) is 6.07 Å². The fraction of sp³-hybridized carbons (Fsp3) is 0.400. The van der Waals surface area contributed by atoms with E-state index in [1.807, 2.05) is 0 Å². The number of carbonyl (C=O) groups excluding carboxylic acids is 1. The third-order valence-corrected chi connectivity index (χ3v) is 2.33. The van der Waals surface area contributed by atoms with Crippen molar-refractivity contribution in [3.63, 3.8) is 0 Å². The number of ether oxygens (including phenoxy) is 1. The molecule has 15 heavy (non-hydrogen) atoms. The predicted molar refractivity (Wildman–Crippen MR) is 53.8 cm³/mol. The third-order valence-electron chi connectivity index (χ3n) is 2.33. The lowest BCUT2D eigenvalue weighted by molar-refractivity contribution is 0.0302. The molecule has 0 unspecified atom stereocenters. The van der Waals surface area contributed by atoms with Crippen LogP contribution in [0.15, 0.2) is 23.1 Å². The van der Waals surface area contributed by atoms with E-state index in [0.717, 1.165) is 0 Å². The largest absolute Gasteiger partial charge is 0.378 e. The van der Waals surface area contributed by atoms with Crippen LogP contribution in [0.5, 0.6) is 0 Å². The Labute approximate surface area is 86.7 Å². The molecule has 1 N–H and O–H groups in total. The first-order valence-electron chi connectivity index (χ1n) is 4.83. The molecule has 1 aromatic heterocycles. The summed E-state index contributed by atoms with van der Waals surface area (Å²) in [6, 6.07) is 2.89. The molecule has 0 saturated carbocycles. The van der Waals surface area contributed by atoms with E-state index in [1.54, 1.807) is 4.90 Å². The van der Waals surface area contributed by atoms with Crippen LogP contribution in [0.25, 0.3) is 0 Å². The molecule has 1 fully saturated rings. The maximum absolute atomic E-state index is 11.9. The molecule has 1 saturated heterocycles. The van der Waals surface area contributed by atoms with E-state index in [1.165, 1.54) is 18.3 Å². The van der Waals surface area contributed by atoms with E-state index in [4.69, 9.17) is 4.74 Å². The lowest BCUT2D eigenvalue weighted by atomic mass is 10.2. The second-order valence-electron chi connectivity index (χ2n) is 3.35. The minimum atomic E-state index is -0.200. The Morgan fingerprint density at radius 3 is 2.67 bits per heavy atom. The van der Waals surface area contributed by atoms with E-state index < -0.39 is 0 Å². The van der Waals surface area contributed by atoms with Crippen molar-refractivity contribution in [1.82, 2.24) is 9.88 Å². The maximum Gasteiger partial charge on any atom is 0.255 e. The van der Waals surface area contributed by atoms with Crippen molar-refractivity contribution in [2.45, 2.75) is 0 Å². The number of hydrogen-bond acceptors (Lipinski definition) is 3. The summed E-state index contributed by atoms with van der Waals surface area (Å²) in [5.41, 5.74) is 0.310. The lowest BCUT2D eigenvalue weighted by Crippen LogP contribution is -2.40. The van der Waals surface area contributed by atoms with Gasteiger partial charge in [-0.15, -0.1) is 0 Å². The van der Waals surface area contributed by atoms with Crippen LogP contribution < -0.4 is 5.56 Å². The van der Waals surface area contributed by atoms with Crippen molar-refractivity contribution >= 4 is 5.91 Å². The van der Waals surface area contributed by atoms with Gasteiger partial charge in [-0.1, -0.05) is 0 Å². The normalized spacial score (nSPS) is 16.4. The van der Waals surface area contributed by atoms with Gasteiger partial charge in [0.2, 0.25) is 5.56 Å². The Morgan fingerprint density at radius 1 is 1.33 bits per heavy atom. The molecule has 0 atom stereocenters. The standard InChI is InChI=1S/C10H12N2O3/c13-9-2-1-8(7-11-9)10(14)12-3-5-15-6-4-12/h1-2,7H,3-6H2,(H,11,13). The molecule has 0 bridgehead atoms. The quantitative estimate of drug-likeness (QED) is 0.698. The van der Waals surface area contributed by atoms with Crippen LogP contribution in [0.4, 0.5) is 0 Å². The van der Waals surface area contributed by atoms with Crippen molar-refractivity contribution in [2.24, 2.45) is 0 Å². The molecule has 2 rings (SSSR count). The Morgan fingerprint density at radius 2 is 2.07 bits per heavy atom. The van der Waals surface area contributed by atoms with Gasteiger partial charge >= 0.3 is 0 Å². The SMILES string of the molecule is O=C(c1ccc(=O)[nH]c1)N1CCOCC1. The van der Waals surface area contributed by atoms with Crippen molar-refractivity contribution in [3.05, 3.63) is 34.2 Å². The molecule has 1 amide bonds. The van der Waals surface area contributed by atoms with Gasteiger partial charge in [-0.3, -0.25) is 9.59 Å². The summed E-state index contributed by atoms with van der Waals surface area (Å²) in [7, 11) is 0. The van der Waals surface area contributed by atoms with Crippen LogP contribution >= 0.6 is 0 Å². The lowest BCUT2D eigenvalue weighted by Gasteiger charge is -2.26. The smallest absolute Gasteiger partial charge is 0.255 e. The zero-order valence-corrected chi connectivity index (χ0v) is 8.23. The monoisotopic (exact) mass is 208 g/mol. The van der Waals surface area contributed by atoms with Crippen LogP contribution in [0.1, 0.15) is 10.4 Å². The Bertz CT molecular complexity index is 387. The van der Waals surface area contributed by atoms with Crippen LogP contribution in [0.2, 0.25) is 0 Å². The van der Waals surface area contributed by atoms with Crippen molar-refractivity contribution in [1.29, 1.82) is 0 Å². The fourth-order valence-electron chi connectivity index (χ4n) is 1.49. The van der Waals surface area contributed by atoms with Crippen molar-refractivity contribution in [2.75, 3.05) is 26.3 Å². The summed E-state index contributed by atoms with van der Waals surface area (Å²) in [5.74, 6) is -0.0606. The van der Waals surface area contributed by atoms with Gasteiger partial charge in [-0.2, -0.15) is 0 Å². The van der Waals surface area contributed by atoms with E-state index >= 15 is 0 Å². The van der Waals surface area contributed by atoms with E-state index in [9.17, 15) is 9.59 Å². The van der Waals surface area contributed by atoms with Crippen LogP contribution in [-0.2, 0) is 4.74 Å². The third kappa shape index (κ3) is 2.24. The number of pyridine rings is 1. The number of morpholine rings is 1. The summed E-state index contributed by atoms with van der Waals surface area (Å²) in [4.78, 5) is 26.9. The molecule has 1 aromatic rings.